The molecular weight excluding hydrogens is 490 g/mol. The summed E-state index contributed by atoms with van der Waals surface area (Å²) in [4.78, 5) is 4.35. The largest absolute Gasteiger partial charge is 0.383 e. The van der Waals surface area contributed by atoms with Gasteiger partial charge in [-0.05, 0) is 50.3 Å². The highest BCUT2D eigenvalue weighted by Crippen LogP contribution is 2.30. The highest BCUT2D eigenvalue weighted by Gasteiger charge is 2.26. The number of amidine groups is 1. The maximum atomic E-state index is 13.7. The minimum Gasteiger partial charge on any atom is -0.383 e. The number of aromatic nitrogens is 2. The lowest BCUT2D eigenvalue weighted by molar-refractivity contribution is 0.387. The molecule has 0 spiro atoms. The normalized spacial score (nSPS) is 19.2. The Kier molecular flexibility index (Phi) is 7.68. The van der Waals surface area contributed by atoms with E-state index in [1.165, 1.54) is 18.2 Å². The van der Waals surface area contributed by atoms with Gasteiger partial charge in [0.1, 0.15) is 19.5 Å². The van der Waals surface area contributed by atoms with Gasteiger partial charge in [-0.25, -0.2) is 27.0 Å². The van der Waals surface area contributed by atoms with Gasteiger partial charge in [-0.3, -0.25) is 0 Å². The average molecular weight is 517 g/mol. The molecule has 2 radical (unpaired) electrons. The topological polar surface area (TPSA) is 114 Å². The summed E-state index contributed by atoms with van der Waals surface area (Å²) in [7, 11) is 2.75. The first-order chi connectivity index (χ1) is 16.6. The molecule has 0 unspecified atom stereocenters. The van der Waals surface area contributed by atoms with Crippen LogP contribution in [0.2, 0.25) is 5.02 Å². The zero-order valence-corrected chi connectivity index (χ0v) is 20.9. The fourth-order valence-corrected chi connectivity index (χ4v) is 5.88. The molecule has 0 aliphatic heterocycles. The first-order valence-electron chi connectivity index (χ1n) is 11.5. The standard InChI is InChI=1S/C23H27BClFN6O2S/c1-2-9-35(33,34)31-17-6-4-16(5-7-17)29-22-18(12-28-32-13-14(24)10-21(22)32)23(27)30-20-11-15(26)3-8-19(20)25/h3,8,10-13,16-17,29,31H,2,4-7,9H2,1H3,(H2,27,30). The molecule has 4 N–H and O–H groups in total. The molecule has 2 heterocycles. The van der Waals surface area contributed by atoms with Crippen LogP contribution in [0.5, 0.6) is 0 Å². The molecule has 1 saturated carbocycles. The molecular formula is C23H27BClFN6O2S. The molecule has 12 heteroatoms. The van der Waals surface area contributed by atoms with Crippen LogP contribution in [0.4, 0.5) is 15.8 Å². The zero-order chi connectivity index (χ0) is 25.2. The number of rotatable bonds is 8. The molecule has 0 bridgehead atoms. The van der Waals surface area contributed by atoms with Crippen LogP contribution in [0.3, 0.4) is 0 Å². The zero-order valence-electron chi connectivity index (χ0n) is 19.3. The number of hydrogen-bond donors (Lipinski definition) is 3. The Morgan fingerprint density at radius 2 is 2.00 bits per heavy atom. The third-order valence-corrected chi connectivity index (χ3v) is 7.94. The minimum atomic E-state index is -3.25. The molecule has 1 aliphatic rings. The van der Waals surface area contributed by atoms with E-state index in [1.807, 2.05) is 6.92 Å². The van der Waals surface area contributed by atoms with E-state index in [-0.39, 0.29) is 34.4 Å². The van der Waals surface area contributed by atoms with E-state index in [2.05, 4.69) is 20.1 Å². The van der Waals surface area contributed by atoms with Gasteiger partial charge in [0.2, 0.25) is 10.0 Å². The van der Waals surface area contributed by atoms with Crippen LogP contribution in [0, 0.1) is 5.82 Å². The molecule has 35 heavy (non-hydrogen) atoms. The number of nitrogens with zero attached hydrogens (tertiary/aromatic N) is 3. The van der Waals surface area contributed by atoms with E-state index in [0.717, 1.165) is 12.8 Å². The summed E-state index contributed by atoms with van der Waals surface area (Å²) in [5.74, 6) is -0.220. The van der Waals surface area contributed by atoms with Gasteiger partial charge in [0, 0.05) is 24.3 Å². The van der Waals surface area contributed by atoms with Crippen molar-refractivity contribution in [3.05, 3.63) is 53.1 Å². The Hall–Kier alpha value is -2.63. The fourth-order valence-electron chi connectivity index (χ4n) is 4.33. The second kappa shape index (κ2) is 10.6. The second-order valence-corrected chi connectivity index (χ2v) is 11.0. The summed E-state index contributed by atoms with van der Waals surface area (Å²) in [5, 5.41) is 8.20. The van der Waals surface area contributed by atoms with Crippen molar-refractivity contribution in [2.24, 2.45) is 10.7 Å². The lowest BCUT2D eigenvalue weighted by Gasteiger charge is -2.30. The number of aliphatic imine (C=N–C) groups is 1. The predicted octanol–water partition coefficient (Wildman–Crippen LogP) is 3.01. The molecule has 0 saturated heterocycles. The van der Waals surface area contributed by atoms with E-state index < -0.39 is 15.8 Å². The molecule has 0 atom stereocenters. The van der Waals surface area contributed by atoms with Crippen molar-refractivity contribution < 1.29 is 12.8 Å². The lowest BCUT2D eigenvalue weighted by atomic mass is 9.91. The van der Waals surface area contributed by atoms with Crippen molar-refractivity contribution in [1.82, 2.24) is 14.3 Å². The van der Waals surface area contributed by atoms with Gasteiger partial charge in [-0.1, -0.05) is 24.0 Å². The maximum absolute atomic E-state index is 13.7. The fraction of sp³-hybridized carbons (Fsp3) is 0.391. The summed E-state index contributed by atoms with van der Waals surface area (Å²) >= 11 is 6.17. The highest BCUT2D eigenvalue weighted by molar-refractivity contribution is 7.89. The Bertz CT molecular complexity index is 1360. The number of benzene rings is 1. The van der Waals surface area contributed by atoms with Crippen LogP contribution in [-0.4, -0.2) is 49.6 Å². The van der Waals surface area contributed by atoms with Crippen molar-refractivity contribution in [2.45, 2.75) is 51.1 Å². The van der Waals surface area contributed by atoms with Crippen molar-refractivity contribution in [3.63, 3.8) is 0 Å². The molecule has 8 nitrogen and oxygen atoms in total. The first kappa shape index (κ1) is 25.5. The van der Waals surface area contributed by atoms with Crippen molar-refractivity contribution in [2.75, 3.05) is 11.1 Å². The van der Waals surface area contributed by atoms with Gasteiger partial charge in [0.25, 0.3) is 0 Å². The van der Waals surface area contributed by atoms with Crippen LogP contribution in [0.1, 0.15) is 44.6 Å². The predicted molar refractivity (Wildman–Crippen MR) is 139 cm³/mol. The van der Waals surface area contributed by atoms with Gasteiger partial charge in [0.05, 0.1) is 39.4 Å². The molecule has 184 valence electrons. The first-order valence-corrected chi connectivity index (χ1v) is 13.5. The number of nitrogens with one attached hydrogen (secondary N) is 2. The Morgan fingerprint density at radius 3 is 2.71 bits per heavy atom. The molecule has 1 aliphatic carbocycles. The van der Waals surface area contributed by atoms with Crippen LogP contribution in [0.15, 0.2) is 41.7 Å². The van der Waals surface area contributed by atoms with Crippen molar-refractivity contribution >= 4 is 57.7 Å². The summed E-state index contributed by atoms with van der Waals surface area (Å²) in [6.45, 7) is 1.85. The third-order valence-electron chi connectivity index (χ3n) is 5.98. The second-order valence-electron chi connectivity index (χ2n) is 8.76. The van der Waals surface area contributed by atoms with Gasteiger partial charge < -0.3 is 11.1 Å². The van der Waals surface area contributed by atoms with Crippen LogP contribution < -0.4 is 21.2 Å². The maximum Gasteiger partial charge on any atom is 0.211 e. The smallest absolute Gasteiger partial charge is 0.211 e. The van der Waals surface area contributed by atoms with Gasteiger partial charge in [-0.15, -0.1) is 0 Å². The van der Waals surface area contributed by atoms with Crippen LogP contribution >= 0.6 is 11.6 Å². The molecule has 3 aromatic rings. The molecule has 0 amide bonds. The number of nitrogens with two attached hydrogens (primary N) is 1. The van der Waals surface area contributed by atoms with E-state index in [0.29, 0.717) is 41.5 Å². The SMILES string of the molecule is [B]c1cc2c(NC3CCC(NS(=O)(=O)CCC)CC3)c(C(N)=Nc3cc(F)ccc3Cl)cnn2c1. The number of sulfonamides is 1. The van der Waals surface area contributed by atoms with Gasteiger partial charge in [-0.2, -0.15) is 5.10 Å². The quantitative estimate of drug-likeness (QED) is 0.242. The number of halogens is 2. The molecule has 2 aromatic heterocycles. The average Bonchev–Trinajstić information content (AvgIpc) is 3.18. The summed E-state index contributed by atoms with van der Waals surface area (Å²) in [6, 6.07) is 5.67. The monoisotopic (exact) mass is 516 g/mol. The van der Waals surface area contributed by atoms with Crippen LogP contribution in [0.25, 0.3) is 5.52 Å². The highest BCUT2D eigenvalue weighted by atomic mass is 35.5. The molecule has 1 fully saturated rings. The van der Waals surface area contributed by atoms with Gasteiger partial charge in [0.15, 0.2) is 0 Å². The summed E-state index contributed by atoms with van der Waals surface area (Å²) < 4.78 is 42.4. The Labute approximate surface area is 210 Å². The van der Waals surface area contributed by atoms with E-state index in [1.54, 1.807) is 23.0 Å². The number of anilines is 1. The Morgan fingerprint density at radius 1 is 1.29 bits per heavy atom. The minimum absolute atomic E-state index is 0.0766. The van der Waals surface area contributed by atoms with Gasteiger partial charge >= 0.3 is 0 Å². The Balaban J connectivity index is 1.59. The number of hydrogen-bond acceptors (Lipinski definition) is 5. The van der Waals surface area contributed by atoms with E-state index in [9.17, 15) is 12.8 Å². The van der Waals surface area contributed by atoms with Crippen molar-refractivity contribution in [3.8, 4) is 0 Å². The van der Waals surface area contributed by atoms with Crippen LogP contribution in [-0.2, 0) is 10.0 Å². The molecule has 4 rings (SSSR count). The number of fused-ring (bicyclic) bond motifs is 1. The van der Waals surface area contributed by atoms with E-state index >= 15 is 0 Å². The third kappa shape index (κ3) is 6.15. The molecule has 1 aromatic carbocycles. The lowest BCUT2D eigenvalue weighted by Crippen LogP contribution is -2.41. The van der Waals surface area contributed by atoms with E-state index in [4.69, 9.17) is 25.2 Å². The summed E-state index contributed by atoms with van der Waals surface area (Å²) in [6.07, 6.45) is 6.79. The van der Waals surface area contributed by atoms with Crippen molar-refractivity contribution in [1.29, 1.82) is 0 Å². The summed E-state index contributed by atoms with van der Waals surface area (Å²) in [5.41, 5.74) is 9.03.